The maximum atomic E-state index is 11.7. The molecular weight excluding hydrogens is 396 g/mol. The van der Waals surface area contributed by atoms with Crippen LogP contribution in [0.3, 0.4) is 0 Å². The highest BCUT2D eigenvalue weighted by Gasteiger charge is 2.38. The van der Waals surface area contributed by atoms with E-state index >= 15 is 0 Å². The number of alkyl carbamates (subject to hydrolysis) is 2. The minimum Gasteiger partial charge on any atom is -0.447 e. The Hall–Kier alpha value is -1.62. The van der Waals surface area contributed by atoms with Crippen LogP contribution in [-0.4, -0.2) is 90.8 Å². The molecule has 3 unspecified atom stereocenters. The van der Waals surface area contributed by atoms with E-state index < -0.39 is 12.2 Å². The molecule has 176 valence electrons. The van der Waals surface area contributed by atoms with E-state index in [4.69, 9.17) is 28.4 Å². The van der Waals surface area contributed by atoms with Crippen LogP contribution in [0.5, 0.6) is 0 Å². The number of ether oxygens (including phenoxy) is 6. The summed E-state index contributed by atoms with van der Waals surface area (Å²) in [4.78, 5) is 23.2. The van der Waals surface area contributed by atoms with Gasteiger partial charge in [0.25, 0.3) is 0 Å². The van der Waals surface area contributed by atoms with Gasteiger partial charge in [-0.15, -0.1) is 0 Å². The van der Waals surface area contributed by atoms with E-state index in [1.54, 1.807) is 14.2 Å². The molecule has 0 heterocycles. The summed E-state index contributed by atoms with van der Waals surface area (Å²) in [6.45, 7) is 4.85. The molecule has 3 atom stereocenters. The Bertz CT molecular complexity index is 466. The SMILES string of the molecule is COCCCOCCOC(=O)NC(C)CCCCNC(=O)OCCOC1CC1OC. The first kappa shape index (κ1) is 26.4. The minimum atomic E-state index is -0.449. The Morgan fingerprint density at radius 3 is 2.40 bits per heavy atom. The number of nitrogens with one attached hydrogen (secondary N) is 2. The van der Waals surface area contributed by atoms with Crippen molar-refractivity contribution in [3.8, 4) is 0 Å². The minimum absolute atomic E-state index is 0.0115. The van der Waals surface area contributed by atoms with E-state index in [9.17, 15) is 9.59 Å². The lowest BCUT2D eigenvalue weighted by atomic mass is 10.1. The molecule has 0 bridgehead atoms. The second-order valence-corrected chi connectivity index (χ2v) is 7.12. The molecule has 0 radical (unpaired) electrons. The highest BCUT2D eigenvalue weighted by Crippen LogP contribution is 2.27. The van der Waals surface area contributed by atoms with Crippen LogP contribution in [0.15, 0.2) is 0 Å². The van der Waals surface area contributed by atoms with Crippen LogP contribution in [0, 0.1) is 0 Å². The van der Waals surface area contributed by atoms with Crippen molar-refractivity contribution >= 4 is 12.2 Å². The third-order valence-electron chi connectivity index (χ3n) is 4.42. The number of hydrogen-bond acceptors (Lipinski definition) is 8. The van der Waals surface area contributed by atoms with Gasteiger partial charge in [0.15, 0.2) is 0 Å². The summed E-state index contributed by atoms with van der Waals surface area (Å²) >= 11 is 0. The molecule has 1 aliphatic carbocycles. The number of rotatable bonds is 18. The molecule has 0 aromatic carbocycles. The molecule has 30 heavy (non-hydrogen) atoms. The van der Waals surface area contributed by atoms with Crippen LogP contribution in [0.1, 0.15) is 39.0 Å². The monoisotopic (exact) mass is 434 g/mol. The lowest BCUT2D eigenvalue weighted by Gasteiger charge is -2.14. The summed E-state index contributed by atoms with van der Waals surface area (Å²) in [5.74, 6) is 0. The van der Waals surface area contributed by atoms with E-state index in [1.165, 1.54) is 0 Å². The van der Waals surface area contributed by atoms with Crippen molar-refractivity contribution in [1.29, 1.82) is 0 Å². The molecular formula is C20H38N2O8. The van der Waals surface area contributed by atoms with Gasteiger partial charge in [0.05, 0.1) is 25.4 Å². The largest absolute Gasteiger partial charge is 0.447 e. The summed E-state index contributed by atoms with van der Waals surface area (Å²) in [5, 5.41) is 5.47. The molecule has 10 heteroatoms. The fourth-order valence-electron chi connectivity index (χ4n) is 2.64. The van der Waals surface area contributed by atoms with Crippen molar-refractivity contribution in [3.05, 3.63) is 0 Å². The van der Waals surface area contributed by atoms with Crippen LogP contribution >= 0.6 is 0 Å². The number of carbonyl (C=O) groups excluding carboxylic acids is 2. The van der Waals surface area contributed by atoms with Crippen LogP contribution in [-0.2, 0) is 28.4 Å². The van der Waals surface area contributed by atoms with Gasteiger partial charge in [-0.1, -0.05) is 0 Å². The summed E-state index contributed by atoms with van der Waals surface area (Å²) in [6.07, 6.45) is 3.57. The number of unbranched alkanes of at least 4 members (excludes halogenated alkanes) is 1. The highest BCUT2D eigenvalue weighted by atomic mass is 16.6. The Balaban J connectivity index is 1.85. The second-order valence-electron chi connectivity index (χ2n) is 7.12. The predicted octanol–water partition coefficient (Wildman–Crippen LogP) is 1.85. The van der Waals surface area contributed by atoms with E-state index in [2.05, 4.69) is 10.6 Å². The van der Waals surface area contributed by atoms with Gasteiger partial charge >= 0.3 is 12.2 Å². The molecule has 0 aliphatic heterocycles. The summed E-state index contributed by atoms with van der Waals surface area (Å²) in [6, 6.07) is -0.0115. The Morgan fingerprint density at radius 1 is 0.900 bits per heavy atom. The zero-order valence-electron chi connectivity index (χ0n) is 18.5. The molecule has 0 saturated heterocycles. The number of carbonyl (C=O) groups is 2. The first-order valence-electron chi connectivity index (χ1n) is 10.6. The summed E-state index contributed by atoms with van der Waals surface area (Å²) in [5.41, 5.74) is 0. The molecule has 0 spiro atoms. The van der Waals surface area contributed by atoms with Gasteiger partial charge in [0.2, 0.25) is 0 Å². The second kappa shape index (κ2) is 17.1. The predicted molar refractivity (Wildman–Crippen MR) is 110 cm³/mol. The zero-order valence-corrected chi connectivity index (χ0v) is 18.5. The van der Waals surface area contributed by atoms with Crippen molar-refractivity contribution in [2.45, 2.75) is 57.3 Å². The van der Waals surface area contributed by atoms with Gasteiger partial charge in [0, 0.05) is 46.4 Å². The Morgan fingerprint density at radius 2 is 1.67 bits per heavy atom. The molecule has 1 saturated carbocycles. The third kappa shape index (κ3) is 14.4. The van der Waals surface area contributed by atoms with Gasteiger partial charge in [-0.2, -0.15) is 0 Å². The van der Waals surface area contributed by atoms with E-state index in [0.717, 1.165) is 32.1 Å². The van der Waals surface area contributed by atoms with E-state index in [0.29, 0.717) is 33.0 Å². The van der Waals surface area contributed by atoms with Gasteiger partial charge in [-0.3, -0.25) is 0 Å². The normalized spacial score (nSPS) is 18.5. The smallest absolute Gasteiger partial charge is 0.407 e. The van der Waals surface area contributed by atoms with Crippen LogP contribution in [0.2, 0.25) is 0 Å². The summed E-state index contributed by atoms with van der Waals surface area (Å²) in [7, 11) is 3.30. The maximum absolute atomic E-state index is 11.7. The van der Waals surface area contributed by atoms with Gasteiger partial charge in [-0.05, 0) is 32.6 Å². The number of methoxy groups -OCH3 is 2. The van der Waals surface area contributed by atoms with Crippen LogP contribution in [0.25, 0.3) is 0 Å². The van der Waals surface area contributed by atoms with Gasteiger partial charge in [-0.25, -0.2) is 9.59 Å². The molecule has 0 aromatic rings. The van der Waals surface area contributed by atoms with Gasteiger partial charge < -0.3 is 39.1 Å². The fourth-order valence-corrected chi connectivity index (χ4v) is 2.64. The van der Waals surface area contributed by atoms with Gasteiger partial charge in [0.1, 0.15) is 13.2 Å². The molecule has 2 amide bonds. The van der Waals surface area contributed by atoms with Crippen molar-refractivity contribution in [3.63, 3.8) is 0 Å². The fraction of sp³-hybridized carbons (Fsp3) is 0.900. The third-order valence-corrected chi connectivity index (χ3v) is 4.42. The van der Waals surface area contributed by atoms with Crippen LogP contribution < -0.4 is 10.6 Å². The molecule has 0 aromatic heterocycles. The number of hydrogen-bond donors (Lipinski definition) is 2. The first-order valence-corrected chi connectivity index (χ1v) is 10.6. The topological polar surface area (TPSA) is 114 Å². The number of amides is 2. The van der Waals surface area contributed by atoms with E-state index in [-0.39, 0.29) is 31.5 Å². The van der Waals surface area contributed by atoms with Crippen molar-refractivity contribution in [1.82, 2.24) is 10.6 Å². The molecule has 1 aliphatic rings. The average molecular weight is 435 g/mol. The quantitative estimate of drug-likeness (QED) is 0.314. The lowest BCUT2D eigenvalue weighted by Crippen LogP contribution is -2.34. The lowest BCUT2D eigenvalue weighted by molar-refractivity contribution is 0.0365. The van der Waals surface area contributed by atoms with E-state index in [1.807, 2.05) is 6.92 Å². The zero-order chi connectivity index (χ0) is 22.0. The Kier molecular flexibility index (Phi) is 15.1. The molecule has 2 N–H and O–H groups in total. The molecule has 1 fully saturated rings. The van der Waals surface area contributed by atoms with Crippen molar-refractivity contribution in [2.75, 3.05) is 60.4 Å². The maximum Gasteiger partial charge on any atom is 0.407 e. The average Bonchev–Trinajstić information content (AvgIpc) is 3.49. The first-order chi connectivity index (χ1) is 14.6. The summed E-state index contributed by atoms with van der Waals surface area (Å²) < 4.78 is 30.9. The molecule has 1 rings (SSSR count). The van der Waals surface area contributed by atoms with Crippen LogP contribution in [0.4, 0.5) is 9.59 Å². The molecule has 10 nitrogen and oxygen atoms in total. The standard InChI is InChI=1S/C20H38N2O8/c1-16(22-20(24)30-12-11-27-10-6-9-25-2)7-4-5-8-21-19(23)29-14-13-28-18-15-17(18)26-3/h16-18H,4-15H2,1-3H3,(H,21,23)(H,22,24). The van der Waals surface area contributed by atoms with Crippen molar-refractivity contribution in [2.24, 2.45) is 0 Å². The van der Waals surface area contributed by atoms with Crippen molar-refractivity contribution < 1.29 is 38.0 Å². The Labute approximate surface area is 179 Å². The highest BCUT2D eigenvalue weighted by molar-refractivity contribution is 5.67.